The highest BCUT2D eigenvalue weighted by molar-refractivity contribution is 5.98. The number of hydrogen-bond acceptors (Lipinski definition) is 9. The number of carbonyl (C=O) groups excluding carboxylic acids is 5. The molecule has 65 heavy (non-hydrogen) atoms. The molecule has 15 heteroatoms. The molecule has 1 aromatic heterocycles. The molecule has 0 saturated heterocycles. The predicted molar refractivity (Wildman–Crippen MR) is 248 cm³/mol. The van der Waals surface area contributed by atoms with Crippen molar-refractivity contribution in [3.63, 3.8) is 0 Å². The largest absolute Gasteiger partial charge is 0.507 e. The monoisotopic (exact) mass is 892 g/mol. The van der Waals surface area contributed by atoms with Crippen LogP contribution in [0.15, 0.2) is 66.9 Å². The molecule has 4 aromatic rings. The molecule has 8 N–H and O–H groups in total. The zero-order valence-electron chi connectivity index (χ0n) is 37.7. The lowest BCUT2D eigenvalue weighted by molar-refractivity contribution is -0.142. The Morgan fingerprint density at radius 1 is 0.785 bits per heavy atom. The lowest BCUT2D eigenvalue weighted by Crippen LogP contribution is -2.54. The highest BCUT2D eigenvalue weighted by Crippen LogP contribution is 2.38. The average Bonchev–Trinajstić information content (AvgIpc) is 3.28. The first-order chi connectivity index (χ1) is 31.3. The van der Waals surface area contributed by atoms with Gasteiger partial charge in [-0.05, 0) is 79.3 Å². The van der Waals surface area contributed by atoms with Crippen molar-refractivity contribution < 1.29 is 44.1 Å². The number of aliphatic carboxylic acids is 1. The Hall–Kier alpha value is -6.51. The summed E-state index contributed by atoms with van der Waals surface area (Å²) >= 11 is 0. The number of unbranched alkanes of at least 4 members (excludes halogenated alkanes) is 9. The van der Waals surface area contributed by atoms with Gasteiger partial charge in [-0.1, -0.05) is 102 Å². The molecule has 4 bridgehead atoms. The molecular weight excluding hydrogens is 829 g/mol. The molecule has 0 saturated carbocycles. The quantitative estimate of drug-likeness (QED) is 0.0414. The molecule has 3 aromatic carbocycles. The second-order valence-electron chi connectivity index (χ2n) is 17.0. The summed E-state index contributed by atoms with van der Waals surface area (Å²) in [5, 5.41) is 45.7. The van der Waals surface area contributed by atoms with Gasteiger partial charge in [0.05, 0.1) is 11.1 Å². The number of hydrogen-bond donors (Lipinski definition) is 8. The number of amides is 5. The van der Waals surface area contributed by atoms with Crippen LogP contribution in [-0.2, 0) is 36.8 Å². The summed E-state index contributed by atoms with van der Waals surface area (Å²) in [7, 11) is 0. The maximum absolute atomic E-state index is 14.1. The zero-order valence-corrected chi connectivity index (χ0v) is 37.7. The van der Waals surface area contributed by atoms with Gasteiger partial charge in [0.15, 0.2) is 0 Å². The van der Waals surface area contributed by atoms with E-state index in [1.807, 2.05) is 13.0 Å². The number of carboxylic acids is 1. The van der Waals surface area contributed by atoms with E-state index < -0.39 is 59.7 Å². The summed E-state index contributed by atoms with van der Waals surface area (Å²) in [5.74, 6) is -5.07. The Morgan fingerprint density at radius 2 is 1.46 bits per heavy atom. The van der Waals surface area contributed by atoms with E-state index in [1.54, 1.807) is 6.07 Å². The predicted octanol–water partition coefficient (Wildman–Crippen LogP) is 6.67. The number of carbonyl (C=O) groups is 6. The van der Waals surface area contributed by atoms with E-state index in [9.17, 15) is 44.1 Å². The maximum Gasteiger partial charge on any atom is 0.326 e. The van der Waals surface area contributed by atoms with Gasteiger partial charge in [0.25, 0.3) is 5.91 Å². The Labute approximate surface area is 380 Å². The van der Waals surface area contributed by atoms with E-state index in [0.29, 0.717) is 17.5 Å². The first kappa shape index (κ1) is 49.5. The molecule has 1 aliphatic rings. The lowest BCUT2D eigenvalue weighted by atomic mass is 9.94. The number of nitrogens with zero attached hydrogens (tertiary/aromatic N) is 1. The van der Waals surface area contributed by atoms with Gasteiger partial charge in [0, 0.05) is 42.1 Å². The standard InChI is InChI=1S/C50H64N6O9/c1-4-6-8-9-10-11-12-14-15-32-17-19-34-28-36(30-52-40(34)26-32)47(61)51-24-23-44(59)54-39(16-13-7-5-2)48(62)56-45-35-20-22-43(58)38(29-35)37-25-33(18-21-42(37)57)27-41(50(64)65)55-46(60)31(3)53-49(45)63/h17-22,25-26,28-31,39,41,45,57-58H,4-16,23-24,27H2,1-3H3,(H,51,61)(H,53,63)(H,54,59)(H,55,60)(H,56,62)(H,64,65)/t31-,39-,41-,45-/m0/s1. The van der Waals surface area contributed by atoms with Crippen molar-refractivity contribution in [2.24, 2.45) is 0 Å². The number of benzene rings is 3. The van der Waals surface area contributed by atoms with Gasteiger partial charge >= 0.3 is 5.97 Å². The van der Waals surface area contributed by atoms with Gasteiger partial charge in [-0.15, -0.1) is 0 Å². The number of aromatic nitrogens is 1. The number of phenols is 2. The normalized spacial score (nSPS) is 16.7. The van der Waals surface area contributed by atoms with Crippen molar-refractivity contribution in [1.82, 2.24) is 31.6 Å². The third kappa shape index (κ3) is 14.5. The van der Waals surface area contributed by atoms with Crippen molar-refractivity contribution in [2.75, 3.05) is 6.54 Å². The van der Waals surface area contributed by atoms with Crippen LogP contribution in [0.3, 0.4) is 0 Å². The van der Waals surface area contributed by atoms with E-state index in [0.717, 1.165) is 36.6 Å². The topological polar surface area (TPSA) is 236 Å². The molecular formula is C50H64N6O9. The van der Waals surface area contributed by atoms with Crippen LogP contribution >= 0.6 is 0 Å². The van der Waals surface area contributed by atoms with Crippen LogP contribution in [-0.4, -0.2) is 80.5 Å². The van der Waals surface area contributed by atoms with Crippen molar-refractivity contribution in [1.29, 1.82) is 0 Å². The summed E-state index contributed by atoms with van der Waals surface area (Å²) in [5.41, 5.74) is 3.21. The minimum absolute atomic E-state index is 0.0262. The number of rotatable bonds is 21. The van der Waals surface area contributed by atoms with Crippen LogP contribution in [0.2, 0.25) is 0 Å². The molecule has 0 radical (unpaired) electrons. The van der Waals surface area contributed by atoms with E-state index in [2.05, 4.69) is 50.6 Å². The van der Waals surface area contributed by atoms with Crippen LogP contribution in [0.5, 0.6) is 11.5 Å². The summed E-state index contributed by atoms with van der Waals surface area (Å²) in [6, 6.07) is 11.1. The van der Waals surface area contributed by atoms with E-state index in [-0.39, 0.29) is 54.0 Å². The van der Waals surface area contributed by atoms with Gasteiger partial charge < -0.3 is 41.9 Å². The van der Waals surface area contributed by atoms with Crippen molar-refractivity contribution >= 4 is 46.4 Å². The van der Waals surface area contributed by atoms with Gasteiger partial charge in [-0.2, -0.15) is 0 Å². The Morgan fingerprint density at radius 3 is 2.18 bits per heavy atom. The Balaban J connectivity index is 1.24. The van der Waals surface area contributed by atoms with Crippen molar-refractivity contribution in [2.45, 2.75) is 141 Å². The highest BCUT2D eigenvalue weighted by Gasteiger charge is 2.32. The summed E-state index contributed by atoms with van der Waals surface area (Å²) in [6.07, 6.45) is 14.6. The molecule has 0 fully saturated rings. The van der Waals surface area contributed by atoms with Crippen LogP contribution in [0.1, 0.15) is 137 Å². The van der Waals surface area contributed by atoms with Gasteiger partial charge in [0.2, 0.25) is 23.6 Å². The minimum atomic E-state index is -1.47. The average molecular weight is 893 g/mol. The van der Waals surface area contributed by atoms with E-state index >= 15 is 0 Å². The summed E-state index contributed by atoms with van der Waals surface area (Å²) in [6.45, 7) is 5.56. The fraction of sp³-hybridized carbons (Fsp3) is 0.460. The second-order valence-corrected chi connectivity index (χ2v) is 17.0. The molecule has 5 amide bonds. The number of fused-ring (bicyclic) bond motifs is 6. The van der Waals surface area contributed by atoms with Gasteiger partial charge in [0.1, 0.15) is 35.7 Å². The Kier molecular flexibility index (Phi) is 18.7. The number of aromatic hydroxyl groups is 2. The van der Waals surface area contributed by atoms with Crippen LogP contribution in [0, 0.1) is 0 Å². The third-order valence-electron chi connectivity index (χ3n) is 11.8. The lowest BCUT2D eigenvalue weighted by Gasteiger charge is -2.26. The van der Waals surface area contributed by atoms with E-state index in [4.69, 9.17) is 0 Å². The first-order valence-electron chi connectivity index (χ1n) is 23.0. The molecule has 4 atom stereocenters. The molecule has 5 rings (SSSR count). The number of aryl methyl sites for hydroxylation is 1. The number of nitrogens with one attached hydrogen (secondary N) is 5. The zero-order chi connectivity index (χ0) is 46.9. The number of phenolic OH excluding ortho intramolecular Hbond substituents is 2. The SMILES string of the molecule is CCCCCCCCCCc1ccc2cc(C(=O)NCCC(=O)N[C@@H](CCCCC)C(=O)N[C@@H]3C(=O)N[C@@H](C)C(=O)N[C@H](C(=O)O)Cc4ccc(O)c(c4)-c4cc3ccc4O)cnc2c1. The number of pyridine rings is 1. The molecule has 0 spiro atoms. The Bertz CT molecular complexity index is 2320. The molecule has 0 aliphatic carbocycles. The molecule has 1 aliphatic heterocycles. The van der Waals surface area contributed by atoms with Gasteiger partial charge in [-0.25, -0.2) is 4.79 Å². The fourth-order valence-corrected chi connectivity index (χ4v) is 7.95. The highest BCUT2D eigenvalue weighted by atomic mass is 16.4. The fourth-order valence-electron chi connectivity index (χ4n) is 7.95. The summed E-state index contributed by atoms with van der Waals surface area (Å²) in [4.78, 5) is 84.4. The van der Waals surface area contributed by atoms with Crippen LogP contribution in [0.25, 0.3) is 22.0 Å². The smallest absolute Gasteiger partial charge is 0.326 e. The molecule has 348 valence electrons. The molecule has 0 unspecified atom stereocenters. The van der Waals surface area contributed by atoms with Crippen molar-refractivity contribution in [3.8, 4) is 22.6 Å². The second kappa shape index (κ2) is 24.5. The summed E-state index contributed by atoms with van der Waals surface area (Å²) < 4.78 is 0. The first-order valence-corrected chi connectivity index (χ1v) is 23.0. The third-order valence-corrected chi connectivity index (χ3v) is 11.8. The van der Waals surface area contributed by atoms with Crippen LogP contribution in [0.4, 0.5) is 0 Å². The van der Waals surface area contributed by atoms with Crippen LogP contribution < -0.4 is 26.6 Å². The number of carboxylic acid groups (broad SMARTS) is 1. The van der Waals surface area contributed by atoms with E-state index in [1.165, 1.54) is 100 Å². The molecule has 15 nitrogen and oxygen atoms in total. The van der Waals surface area contributed by atoms with Gasteiger partial charge in [-0.3, -0.25) is 29.0 Å². The minimum Gasteiger partial charge on any atom is -0.507 e. The van der Waals surface area contributed by atoms with Crippen molar-refractivity contribution in [3.05, 3.63) is 89.1 Å². The molecule has 2 heterocycles. The maximum atomic E-state index is 14.1.